The zero-order valence-corrected chi connectivity index (χ0v) is 19.1. The van der Waals surface area contributed by atoms with Crippen LogP contribution in [0.3, 0.4) is 0 Å². The van der Waals surface area contributed by atoms with Gasteiger partial charge in [0, 0.05) is 44.1 Å². The molecule has 0 radical (unpaired) electrons. The summed E-state index contributed by atoms with van der Waals surface area (Å²) in [6.07, 6.45) is 5.61. The summed E-state index contributed by atoms with van der Waals surface area (Å²) < 4.78 is 10.9. The highest BCUT2D eigenvalue weighted by Crippen LogP contribution is 2.39. The standard InChI is InChI=1S/C26H29N3O5/c1-2-15-34-21-8-6-19(7-9-21)24(30)22-23(20-5-3-10-27-18-20)29(26(32)25(22)31)12-4-11-28-13-16-33-17-14-28/h2-3,5-10,18,23,30H,1,4,11-17H2/b24-22+. The van der Waals surface area contributed by atoms with E-state index in [1.807, 2.05) is 6.07 Å². The Balaban J connectivity index is 1.61. The smallest absolute Gasteiger partial charge is 0.295 e. The summed E-state index contributed by atoms with van der Waals surface area (Å²) in [5.74, 6) is -0.894. The van der Waals surface area contributed by atoms with E-state index in [-0.39, 0.29) is 11.3 Å². The summed E-state index contributed by atoms with van der Waals surface area (Å²) in [5.41, 5.74) is 1.19. The zero-order valence-electron chi connectivity index (χ0n) is 19.1. The number of aliphatic hydroxyl groups is 1. The number of hydrogen-bond acceptors (Lipinski definition) is 7. The number of aromatic nitrogens is 1. The second-order valence-corrected chi connectivity index (χ2v) is 8.21. The molecule has 1 aromatic carbocycles. The normalized spacial score (nSPS) is 20.5. The molecule has 34 heavy (non-hydrogen) atoms. The number of likely N-dealkylation sites (tertiary alicyclic amines) is 1. The lowest BCUT2D eigenvalue weighted by Gasteiger charge is -2.29. The summed E-state index contributed by atoms with van der Waals surface area (Å²) in [6, 6.07) is 9.62. The molecule has 4 rings (SSSR count). The molecule has 1 aromatic heterocycles. The Hall–Kier alpha value is -3.49. The molecule has 8 nitrogen and oxygen atoms in total. The molecule has 0 spiro atoms. The molecule has 2 aliphatic rings. The van der Waals surface area contributed by atoms with E-state index in [2.05, 4.69) is 16.5 Å². The number of morpholine rings is 1. The maximum absolute atomic E-state index is 13.1. The monoisotopic (exact) mass is 463 g/mol. The van der Waals surface area contributed by atoms with E-state index in [1.165, 1.54) is 0 Å². The Labute approximate surface area is 199 Å². The van der Waals surface area contributed by atoms with Crippen molar-refractivity contribution < 1.29 is 24.2 Å². The third kappa shape index (κ3) is 5.18. The molecule has 2 fully saturated rings. The summed E-state index contributed by atoms with van der Waals surface area (Å²) >= 11 is 0. The minimum Gasteiger partial charge on any atom is -0.507 e. The van der Waals surface area contributed by atoms with Crippen LogP contribution in [0.1, 0.15) is 23.6 Å². The van der Waals surface area contributed by atoms with Gasteiger partial charge in [-0.1, -0.05) is 18.7 Å². The van der Waals surface area contributed by atoms with Crippen LogP contribution in [0, 0.1) is 0 Å². The van der Waals surface area contributed by atoms with Gasteiger partial charge < -0.3 is 19.5 Å². The van der Waals surface area contributed by atoms with Gasteiger partial charge in [0.1, 0.15) is 18.1 Å². The Bertz CT molecular complexity index is 1050. The van der Waals surface area contributed by atoms with Gasteiger partial charge in [0.15, 0.2) is 0 Å². The van der Waals surface area contributed by atoms with Crippen LogP contribution in [0.15, 0.2) is 67.0 Å². The molecule has 2 aliphatic heterocycles. The van der Waals surface area contributed by atoms with Crippen molar-refractivity contribution in [2.75, 3.05) is 46.0 Å². The first kappa shape index (κ1) is 23.7. The maximum atomic E-state index is 13.1. The molecular weight excluding hydrogens is 434 g/mol. The van der Waals surface area contributed by atoms with Crippen molar-refractivity contribution in [3.8, 4) is 5.75 Å². The molecule has 178 valence electrons. The average Bonchev–Trinajstić information content (AvgIpc) is 3.13. The minimum atomic E-state index is -0.699. The van der Waals surface area contributed by atoms with Crippen molar-refractivity contribution in [1.29, 1.82) is 0 Å². The zero-order chi connectivity index (χ0) is 23.9. The highest BCUT2D eigenvalue weighted by Gasteiger charge is 2.45. The number of amides is 1. The van der Waals surface area contributed by atoms with Gasteiger partial charge in [0.25, 0.3) is 11.7 Å². The average molecular weight is 464 g/mol. The molecule has 2 aromatic rings. The molecule has 1 N–H and O–H groups in total. The lowest BCUT2D eigenvalue weighted by molar-refractivity contribution is -0.140. The van der Waals surface area contributed by atoms with Crippen LogP contribution in [-0.4, -0.2) is 77.6 Å². The number of carbonyl (C=O) groups is 2. The fourth-order valence-corrected chi connectivity index (χ4v) is 4.30. The summed E-state index contributed by atoms with van der Waals surface area (Å²) in [4.78, 5) is 34.1. The van der Waals surface area contributed by atoms with Crippen molar-refractivity contribution >= 4 is 17.4 Å². The Morgan fingerprint density at radius 1 is 1.18 bits per heavy atom. The van der Waals surface area contributed by atoms with Gasteiger partial charge in [0.2, 0.25) is 0 Å². The molecule has 0 aliphatic carbocycles. The summed E-state index contributed by atoms with van der Waals surface area (Å²) in [6.45, 7) is 8.31. The summed E-state index contributed by atoms with van der Waals surface area (Å²) in [7, 11) is 0. The van der Waals surface area contributed by atoms with Crippen LogP contribution in [0.25, 0.3) is 5.76 Å². The van der Waals surface area contributed by atoms with Crippen LogP contribution >= 0.6 is 0 Å². The van der Waals surface area contributed by atoms with E-state index >= 15 is 0 Å². The topological polar surface area (TPSA) is 92.2 Å². The third-order valence-electron chi connectivity index (χ3n) is 6.01. The molecule has 8 heteroatoms. The molecule has 1 amide bonds. The van der Waals surface area contributed by atoms with Gasteiger partial charge in [-0.3, -0.25) is 19.5 Å². The maximum Gasteiger partial charge on any atom is 0.295 e. The van der Waals surface area contributed by atoms with Crippen molar-refractivity contribution in [1.82, 2.24) is 14.8 Å². The van der Waals surface area contributed by atoms with Gasteiger partial charge in [-0.15, -0.1) is 0 Å². The quantitative estimate of drug-likeness (QED) is 0.265. The lowest BCUT2D eigenvalue weighted by Crippen LogP contribution is -2.39. The second-order valence-electron chi connectivity index (χ2n) is 8.21. The largest absolute Gasteiger partial charge is 0.507 e. The molecule has 0 bridgehead atoms. The number of ether oxygens (including phenoxy) is 2. The van der Waals surface area contributed by atoms with E-state index in [0.717, 1.165) is 19.6 Å². The highest BCUT2D eigenvalue weighted by molar-refractivity contribution is 6.46. The molecule has 3 heterocycles. The summed E-state index contributed by atoms with van der Waals surface area (Å²) in [5, 5.41) is 11.1. The highest BCUT2D eigenvalue weighted by atomic mass is 16.5. The van der Waals surface area contributed by atoms with E-state index in [4.69, 9.17) is 9.47 Å². The number of benzene rings is 1. The van der Waals surface area contributed by atoms with Gasteiger partial charge >= 0.3 is 0 Å². The molecule has 0 saturated carbocycles. The van der Waals surface area contributed by atoms with Crippen LogP contribution in [-0.2, 0) is 14.3 Å². The first-order valence-electron chi connectivity index (χ1n) is 11.4. The van der Waals surface area contributed by atoms with Crippen molar-refractivity contribution in [2.45, 2.75) is 12.5 Å². The van der Waals surface area contributed by atoms with E-state index < -0.39 is 17.7 Å². The predicted octanol–water partition coefficient (Wildman–Crippen LogP) is 2.79. The van der Waals surface area contributed by atoms with Crippen LogP contribution in [0.5, 0.6) is 5.75 Å². The van der Waals surface area contributed by atoms with E-state index in [1.54, 1.807) is 53.7 Å². The first-order valence-corrected chi connectivity index (χ1v) is 11.4. The van der Waals surface area contributed by atoms with E-state index in [0.29, 0.717) is 49.7 Å². The second kappa shape index (κ2) is 11.1. The van der Waals surface area contributed by atoms with Crippen LogP contribution < -0.4 is 4.74 Å². The SMILES string of the molecule is C=CCOc1ccc(/C(O)=C2\C(=O)C(=O)N(CCCN3CCOCC3)C2c2cccnc2)cc1. The number of carbonyl (C=O) groups excluding carboxylic acids is 2. The Morgan fingerprint density at radius 2 is 1.94 bits per heavy atom. The fourth-order valence-electron chi connectivity index (χ4n) is 4.30. The molecular formula is C26H29N3O5. The van der Waals surface area contributed by atoms with Crippen LogP contribution in [0.2, 0.25) is 0 Å². The Kier molecular flexibility index (Phi) is 7.72. The number of rotatable bonds is 9. The number of pyridine rings is 1. The number of hydrogen-bond donors (Lipinski definition) is 1. The molecule has 2 saturated heterocycles. The first-order chi connectivity index (χ1) is 16.6. The van der Waals surface area contributed by atoms with Crippen molar-refractivity contribution in [2.24, 2.45) is 0 Å². The fraction of sp³-hybridized carbons (Fsp3) is 0.346. The van der Waals surface area contributed by atoms with Gasteiger partial charge in [-0.2, -0.15) is 0 Å². The number of Topliss-reactive ketones (excluding diaryl/α,β-unsaturated/α-hetero) is 1. The number of nitrogens with zero attached hydrogens (tertiary/aromatic N) is 3. The van der Waals surface area contributed by atoms with Crippen LogP contribution in [0.4, 0.5) is 0 Å². The van der Waals surface area contributed by atoms with Gasteiger partial charge in [-0.25, -0.2) is 0 Å². The minimum absolute atomic E-state index is 0.0733. The van der Waals surface area contributed by atoms with Crippen molar-refractivity contribution in [3.05, 3.63) is 78.1 Å². The molecule has 1 unspecified atom stereocenters. The molecule has 1 atom stereocenters. The van der Waals surface area contributed by atoms with Crippen molar-refractivity contribution in [3.63, 3.8) is 0 Å². The number of aliphatic hydroxyl groups excluding tert-OH is 1. The Morgan fingerprint density at radius 3 is 2.62 bits per heavy atom. The van der Waals surface area contributed by atoms with E-state index in [9.17, 15) is 14.7 Å². The third-order valence-corrected chi connectivity index (χ3v) is 6.01. The lowest BCUT2D eigenvalue weighted by atomic mass is 9.96. The number of ketones is 1. The van der Waals surface area contributed by atoms with Gasteiger partial charge in [-0.05, 0) is 42.3 Å². The predicted molar refractivity (Wildman–Crippen MR) is 127 cm³/mol. The van der Waals surface area contributed by atoms with Gasteiger partial charge in [0.05, 0.1) is 24.8 Å².